The predicted octanol–water partition coefficient (Wildman–Crippen LogP) is 2.33. The van der Waals surface area contributed by atoms with E-state index >= 15 is 0 Å². The summed E-state index contributed by atoms with van der Waals surface area (Å²) in [6, 6.07) is 5.08. The largest absolute Gasteiger partial charge is 0.384 e. The van der Waals surface area contributed by atoms with Gasteiger partial charge in [-0.15, -0.1) is 5.10 Å². The molecule has 18 heavy (non-hydrogen) atoms. The van der Waals surface area contributed by atoms with Crippen LogP contribution in [0.2, 0.25) is 0 Å². The molecule has 0 radical (unpaired) electrons. The summed E-state index contributed by atoms with van der Waals surface area (Å²) in [5, 5.41) is 17.8. The Kier molecular flexibility index (Phi) is 3.17. The number of benzene rings is 1. The van der Waals surface area contributed by atoms with Crippen molar-refractivity contribution in [2.75, 3.05) is 0 Å². The molecular weight excluding hydrogens is 233 g/mol. The molecule has 1 atom stereocenters. The van der Waals surface area contributed by atoms with E-state index in [9.17, 15) is 9.50 Å². The highest BCUT2D eigenvalue weighted by Gasteiger charge is 2.24. The first-order valence-corrected chi connectivity index (χ1v) is 5.86. The average Bonchev–Trinajstić information content (AvgIpc) is 2.82. The van der Waals surface area contributed by atoms with E-state index in [1.165, 1.54) is 4.68 Å². The summed E-state index contributed by atoms with van der Waals surface area (Å²) in [5.41, 5.74) is 0.275. The maximum absolute atomic E-state index is 13.9. The summed E-state index contributed by atoms with van der Waals surface area (Å²) >= 11 is 0. The van der Waals surface area contributed by atoms with E-state index in [2.05, 4.69) is 10.3 Å². The lowest BCUT2D eigenvalue weighted by Crippen LogP contribution is -2.20. The first kappa shape index (κ1) is 12.7. The topological polar surface area (TPSA) is 50.9 Å². The van der Waals surface area contributed by atoms with Crippen LogP contribution in [0.4, 0.5) is 4.39 Å². The van der Waals surface area contributed by atoms with Crippen LogP contribution in [0.5, 0.6) is 0 Å². The Morgan fingerprint density at radius 2 is 2.17 bits per heavy atom. The van der Waals surface area contributed by atoms with Gasteiger partial charge in [0.15, 0.2) is 5.82 Å². The van der Waals surface area contributed by atoms with Gasteiger partial charge in [-0.3, -0.25) is 0 Å². The van der Waals surface area contributed by atoms with Gasteiger partial charge in [-0.05, 0) is 31.9 Å². The van der Waals surface area contributed by atoms with Crippen molar-refractivity contribution in [3.8, 4) is 5.69 Å². The Labute approximate surface area is 105 Å². The zero-order chi connectivity index (χ0) is 13.3. The number of rotatable bonds is 3. The summed E-state index contributed by atoms with van der Waals surface area (Å²) in [6.07, 6.45) is 2.07. The van der Waals surface area contributed by atoms with Crippen molar-refractivity contribution in [2.45, 2.75) is 32.8 Å². The molecule has 0 aliphatic rings. The predicted molar refractivity (Wildman–Crippen MR) is 65.9 cm³/mol. The van der Waals surface area contributed by atoms with Crippen LogP contribution in [-0.4, -0.2) is 20.1 Å². The number of hydrogen-bond donors (Lipinski definition) is 1. The van der Waals surface area contributed by atoms with E-state index in [0.717, 1.165) is 0 Å². The molecule has 1 heterocycles. The molecule has 0 aliphatic carbocycles. The van der Waals surface area contributed by atoms with Crippen LogP contribution in [0.3, 0.4) is 0 Å². The van der Waals surface area contributed by atoms with Crippen molar-refractivity contribution < 1.29 is 9.50 Å². The SMILES string of the molecule is CCC(C)(O)c1cn(-c2cccc(C)c2F)nn1. The van der Waals surface area contributed by atoms with Crippen molar-refractivity contribution in [1.82, 2.24) is 15.0 Å². The summed E-state index contributed by atoms with van der Waals surface area (Å²) in [6.45, 7) is 5.21. The lowest BCUT2D eigenvalue weighted by Gasteiger charge is -2.17. The maximum Gasteiger partial charge on any atom is 0.151 e. The molecule has 96 valence electrons. The third-order valence-corrected chi connectivity index (χ3v) is 3.15. The van der Waals surface area contributed by atoms with Crippen molar-refractivity contribution in [3.05, 3.63) is 41.5 Å². The third-order valence-electron chi connectivity index (χ3n) is 3.15. The highest BCUT2D eigenvalue weighted by atomic mass is 19.1. The molecule has 1 aromatic heterocycles. The molecule has 0 bridgehead atoms. The van der Waals surface area contributed by atoms with Gasteiger partial charge in [-0.25, -0.2) is 9.07 Å². The molecule has 4 nitrogen and oxygen atoms in total. The second-order valence-corrected chi connectivity index (χ2v) is 4.58. The smallest absolute Gasteiger partial charge is 0.151 e. The second-order valence-electron chi connectivity index (χ2n) is 4.58. The molecule has 1 unspecified atom stereocenters. The molecule has 0 saturated carbocycles. The fraction of sp³-hybridized carbons (Fsp3) is 0.385. The molecule has 0 spiro atoms. The summed E-state index contributed by atoms with van der Waals surface area (Å²) in [7, 11) is 0. The first-order valence-electron chi connectivity index (χ1n) is 5.86. The molecule has 0 amide bonds. The number of nitrogens with zero attached hydrogens (tertiary/aromatic N) is 3. The molecule has 0 aliphatic heterocycles. The minimum atomic E-state index is -1.04. The van der Waals surface area contributed by atoms with Crippen LogP contribution in [-0.2, 0) is 5.60 Å². The molecule has 2 rings (SSSR count). The molecule has 1 N–H and O–H groups in total. The monoisotopic (exact) mass is 249 g/mol. The number of aryl methyl sites for hydroxylation is 1. The first-order chi connectivity index (χ1) is 8.45. The van der Waals surface area contributed by atoms with Gasteiger partial charge < -0.3 is 5.11 Å². The van der Waals surface area contributed by atoms with Crippen LogP contribution in [0.15, 0.2) is 24.4 Å². The van der Waals surface area contributed by atoms with Gasteiger partial charge in [0.2, 0.25) is 0 Å². The van der Waals surface area contributed by atoms with E-state index in [1.54, 1.807) is 38.2 Å². The summed E-state index contributed by atoms with van der Waals surface area (Å²) < 4.78 is 15.3. The van der Waals surface area contributed by atoms with Crippen LogP contribution in [0, 0.1) is 12.7 Å². The van der Waals surface area contributed by atoms with Crippen molar-refractivity contribution in [1.29, 1.82) is 0 Å². The molecule has 1 aromatic carbocycles. The van der Waals surface area contributed by atoms with Gasteiger partial charge in [0, 0.05) is 0 Å². The van der Waals surface area contributed by atoms with Crippen LogP contribution in [0.1, 0.15) is 31.5 Å². The number of hydrogen-bond acceptors (Lipinski definition) is 3. The molecule has 0 saturated heterocycles. The van der Waals surface area contributed by atoms with Gasteiger partial charge in [0.1, 0.15) is 17.0 Å². The Balaban J connectivity index is 2.45. The number of halogens is 1. The van der Waals surface area contributed by atoms with Gasteiger partial charge in [0.05, 0.1) is 6.20 Å². The minimum Gasteiger partial charge on any atom is -0.384 e. The molecule has 0 fully saturated rings. The van der Waals surface area contributed by atoms with Crippen molar-refractivity contribution in [2.24, 2.45) is 0 Å². The normalized spacial score (nSPS) is 14.5. The Morgan fingerprint density at radius 3 is 2.83 bits per heavy atom. The van der Waals surface area contributed by atoms with E-state index in [-0.39, 0.29) is 5.82 Å². The Morgan fingerprint density at radius 1 is 1.44 bits per heavy atom. The average molecular weight is 249 g/mol. The Bertz CT molecular complexity index is 563. The minimum absolute atomic E-state index is 0.329. The highest BCUT2D eigenvalue weighted by molar-refractivity contribution is 5.36. The third kappa shape index (κ3) is 2.13. The van der Waals surface area contributed by atoms with E-state index in [0.29, 0.717) is 23.4 Å². The van der Waals surface area contributed by atoms with Crippen LogP contribution in [0.25, 0.3) is 5.69 Å². The lowest BCUT2D eigenvalue weighted by molar-refractivity contribution is 0.0484. The van der Waals surface area contributed by atoms with Crippen LogP contribution < -0.4 is 0 Å². The molecular formula is C13H16FN3O. The zero-order valence-electron chi connectivity index (χ0n) is 10.7. The number of aliphatic hydroxyl groups is 1. The van der Waals surface area contributed by atoms with Crippen LogP contribution >= 0.6 is 0 Å². The Hall–Kier alpha value is -1.75. The molecule has 2 aromatic rings. The molecule has 5 heteroatoms. The van der Waals surface area contributed by atoms with Gasteiger partial charge in [-0.1, -0.05) is 24.3 Å². The van der Waals surface area contributed by atoms with Gasteiger partial charge in [-0.2, -0.15) is 0 Å². The quantitative estimate of drug-likeness (QED) is 0.908. The zero-order valence-corrected chi connectivity index (χ0v) is 10.7. The summed E-state index contributed by atoms with van der Waals surface area (Å²) in [5.74, 6) is -0.329. The summed E-state index contributed by atoms with van der Waals surface area (Å²) in [4.78, 5) is 0. The highest BCUT2D eigenvalue weighted by Crippen LogP contribution is 2.23. The van der Waals surface area contributed by atoms with E-state index in [1.807, 2.05) is 6.92 Å². The fourth-order valence-electron chi connectivity index (χ4n) is 1.62. The lowest BCUT2D eigenvalue weighted by atomic mass is 10.0. The van der Waals surface area contributed by atoms with E-state index in [4.69, 9.17) is 0 Å². The van der Waals surface area contributed by atoms with Gasteiger partial charge >= 0.3 is 0 Å². The standard InChI is InChI=1S/C13H16FN3O/c1-4-13(3,18)11-8-17(16-15-11)10-7-5-6-9(2)12(10)14/h5-8,18H,4H2,1-3H3. The van der Waals surface area contributed by atoms with E-state index < -0.39 is 5.60 Å². The second kappa shape index (κ2) is 4.49. The van der Waals surface area contributed by atoms with Gasteiger partial charge in [0.25, 0.3) is 0 Å². The fourth-order valence-corrected chi connectivity index (χ4v) is 1.62. The van der Waals surface area contributed by atoms with Crippen molar-refractivity contribution >= 4 is 0 Å². The maximum atomic E-state index is 13.9. The van der Waals surface area contributed by atoms with Crippen molar-refractivity contribution in [3.63, 3.8) is 0 Å². The number of aromatic nitrogens is 3.